The maximum Gasteiger partial charge on any atom is 0.460 e. The van der Waals surface area contributed by atoms with Crippen LogP contribution < -0.4 is 0 Å². The summed E-state index contributed by atoms with van der Waals surface area (Å²) < 4.78 is 234. The third-order valence-corrected chi connectivity index (χ3v) is 5.88. The van der Waals surface area contributed by atoms with E-state index in [1.54, 1.807) is 6.07 Å². The predicted molar refractivity (Wildman–Crippen MR) is 107 cm³/mol. The van der Waals surface area contributed by atoms with Gasteiger partial charge in [0, 0.05) is 13.5 Å². The molecule has 0 bridgehead atoms. The van der Waals surface area contributed by atoms with Crippen LogP contribution in [0, 0.1) is 0 Å². The van der Waals surface area contributed by atoms with E-state index in [2.05, 4.69) is 4.74 Å². The molecular formula is C23H15F17O. The first-order chi connectivity index (χ1) is 18.2. The van der Waals surface area contributed by atoms with Gasteiger partial charge in [-0.3, -0.25) is 0 Å². The number of ether oxygens (including phenoxy) is 1. The molecule has 0 radical (unpaired) electrons. The summed E-state index contributed by atoms with van der Waals surface area (Å²) in [5.41, 5.74) is 0.108. The minimum Gasteiger partial charge on any atom is -0.377 e. The van der Waals surface area contributed by atoms with E-state index in [-0.39, 0.29) is 5.56 Å². The molecule has 1 unspecified atom stereocenters. The van der Waals surface area contributed by atoms with E-state index < -0.39 is 65.7 Å². The lowest BCUT2D eigenvalue weighted by atomic mass is 9.87. The molecule has 0 aliphatic rings. The topological polar surface area (TPSA) is 9.23 Å². The van der Waals surface area contributed by atoms with Crippen LogP contribution in [-0.4, -0.2) is 54.7 Å². The predicted octanol–water partition coefficient (Wildman–Crippen LogP) is 9.44. The van der Waals surface area contributed by atoms with Crippen molar-refractivity contribution in [3.8, 4) is 11.1 Å². The van der Waals surface area contributed by atoms with Gasteiger partial charge in [0.2, 0.25) is 0 Å². The first-order valence-corrected chi connectivity index (χ1v) is 10.6. The lowest BCUT2D eigenvalue weighted by molar-refractivity contribution is -0.462. The van der Waals surface area contributed by atoms with Crippen molar-refractivity contribution in [2.24, 2.45) is 0 Å². The quantitative estimate of drug-likeness (QED) is 0.225. The molecule has 0 aromatic heterocycles. The Labute approximate surface area is 218 Å². The van der Waals surface area contributed by atoms with Crippen molar-refractivity contribution in [2.75, 3.05) is 7.11 Å². The van der Waals surface area contributed by atoms with Gasteiger partial charge in [0.05, 0.1) is 6.10 Å². The molecule has 0 amide bonds. The summed E-state index contributed by atoms with van der Waals surface area (Å²) in [5, 5.41) is 0. The van der Waals surface area contributed by atoms with Crippen LogP contribution >= 0.6 is 0 Å². The lowest BCUT2D eigenvalue weighted by Gasteiger charge is -2.43. The highest BCUT2D eigenvalue weighted by Crippen LogP contribution is 2.64. The van der Waals surface area contributed by atoms with Gasteiger partial charge in [-0.2, -0.15) is 74.6 Å². The molecule has 0 heterocycles. The maximum absolute atomic E-state index is 14.5. The number of hydrogen-bond acceptors (Lipinski definition) is 1. The normalized spacial score (nSPS) is 15.7. The summed E-state index contributed by atoms with van der Waals surface area (Å²) in [6.45, 7) is 0. The van der Waals surface area contributed by atoms with E-state index in [4.69, 9.17) is 0 Å². The molecule has 2 aromatic carbocycles. The minimum absolute atomic E-state index is 0.199. The molecule has 0 aliphatic heterocycles. The first-order valence-electron chi connectivity index (χ1n) is 10.6. The van der Waals surface area contributed by atoms with E-state index >= 15 is 0 Å². The lowest BCUT2D eigenvalue weighted by Crippen LogP contribution is -2.74. The van der Waals surface area contributed by atoms with E-state index in [0.29, 0.717) is 12.7 Å². The van der Waals surface area contributed by atoms with Gasteiger partial charge in [-0.15, -0.1) is 0 Å². The third kappa shape index (κ3) is 5.31. The van der Waals surface area contributed by atoms with Crippen LogP contribution in [0.5, 0.6) is 0 Å². The number of hydrogen-bond donors (Lipinski definition) is 0. The standard InChI is InChI=1S/C23H15F17O/c1-41-15(14-9-5-8-13(10-14)12-6-3-2-4-7-12)11-16(24,25)17(26,27)18(28,29)19(30,31)20(32,33)21(34,35)22(36,37)23(38,39)40/h2-10,15H,11H2,1H3. The van der Waals surface area contributed by atoms with Gasteiger partial charge in [-0.05, 0) is 22.8 Å². The summed E-state index contributed by atoms with van der Waals surface area (Å²) >= 11 is 0. The zero-order chi connectivity index (χ0) is 32.1. The highest BCUT2D eigenvalue weighted by Gasteiger charge is 2.95. The smallest absolute Gasteiger partial charge is 0.377 e. The molecule has 1 nitrogen and oxygen atoms in total. The molecule has 1 atom stereocenters. The zero-order valence-corrected chi connectivity index (χ0v) is 19.8. The van der Waals surface area contributed by atoms with Gasteiger partial charge < -0.3 is 4.74 Å². The van der Waals surface area contributed by atoms with Gasteiger partial charge in [-0.25, -0.2) is 0 Å². The van der Waals surface area contributed by atoms with Crippen molar-refractivity contribution < 1.29 is 79.4 Å². The van der Waals surface area contributed by atoms with E-state index in [9.17, 15) is 74.6 Å². The van der Waals surface area contributed by atoms with E-state index in [1.165, 1.54) is 30.3 Å². The molecule has 2 rings (SSSR count). The van der Waals surface area contributed by atoms with Crippen molar-refractivity contribution in [3.05, 3.63) is 60.2 Å². The minimum atomic E-state index is -8.66. The molecule has 0 saturated carbocycles. The van der Waals surface area contributed by atoms with Crippen LogP contribution in [-0.2, 0) is 4.74 Å². The third-order valence-electron chi connectivity index (χ3n) is 5.88. The monoisotopic (exact) mass is 630 g/mol. The van der Waals surface area contributed by atoms with E-state index in [1.807, 2.05) is 0 Å². The number of alkyl halides is 17. The van der Waals surface area contributed by atoms with Gasteiger partial charge in [0.25, 0.3) is 0 Å². The molecule has 2 aromatic rings. The van der Waals surface area contributed by atoms with Crippen molar-refractivity contribution in [2.45, 2.75) is 60.2 Å². The molecule has 41 heavy (non-hydrogen) atoms. The van der Waals surface area contributed by atoms with Gasteiger partial charge in [0.15, 0.2) is 0 Å². The Balaban J connectivity index is 2.53. The second-order valence-electron chi connectivity index (χ2n) is 8.57. The fourth-order valence-corrected chi connectivity index (χ4v) is 3.44. The van der Waals surface area contributed by atoms with Crippen LogP contribution in [0.4, 0.5) is 74.6 Å². The first kappa shape index (κ1) is 34.4. The van der Waals surface area contributed by atoms with Crippen LogP contribution in [0.3, 0.4) is 0 Å². The fourth-order valence-electron chi connectivity index (χ4n) is 3.44. The van der Waals surface area contributed by atoms with Gasteiger partial charge in [0.1, 0.15) is 0 Å². The SMILES string of the molecule is COC(CC(F)(F)C(F)(F)C(F)(F)C(F)(F)C(F)(F)C(F)(F)C(F)(F)C(F)(F)F)c1cccc(-c2ccccc2)c1. The van der Waals surface area contributed by atoms with Crippen molar-refractivity contribution >= 4 is 0 Å². The van der Waals surface area contributed by atoms with Crippen LogP contribution in [0.1, 0.15) is 18.1 Å². The molecule has 18 heteroatoms. The Hall–Kier alpha value is -2.79. The summed E-state index contributed by atoms with van der Waals surface area (Å²) in [5.74, 6) is -56.7. The zero-order valence-electron chi connectivity index (χ0n) is 19.8. The molecule has 0 aliphatic carbocycles. The Morgan fingerprint density at radius 3 is 1.37 bits per heavy atom. The molecule has 232 valence electrons. The highest BCUT2D eigenvalue weighted by molar-refractivity contribution is 5.64. The van der Waals surface area contributed by atoms with Gasteiger partial charge in [-0.1, -0.05) is 48.5 Å². The molecule has 0 fully saturated rings. The maximum atomic E-state index is 14.5. The van der Waals surface area contributed by atoms with Crippen molar-refractivity contribution in [3.63, 3.8) is 0 Å². The number of methoxy groups -OCH3 is 1. The Morgan fingerprint density at radius 1 is 0.512 bits per heavy atom. The fraction of sp³-hybridized carbons (Fsp3) is 0.478. The molecular weight excluding hydrogens is 615 g/mol. The van der Waals surface area contributed by atoms with Crippen LogP contribution in [0.2, 0.25) is 0 Å². The number of halogens is 17. The molecule has 0 saturated heterocycles. The average molecular weight is 630 g/mol. The molecule has 0 N–H and O–H groups in total. The summed E-state index contributed by atoms with van der Waals surface area (Å²) in [4.78, 5) is 0. The average Bonchev–Trinajstić information content (AvgIpc) is 2.86. The second kappa shape index (κ2) is 10.5. The highest BCUT2D eigenvalue weighted by atomic mass is 19.4. The van der Waals surface area contributed by atoms with Crippen LogP contribution in [0.15, 0.2) is 54.6 Å². The summed E-state index contributed by atoms with van der Waals surface area (Å²) in [7, 11) is 0.550. The van der Waals surface area contributed by atoms with E-state index in [0.717, 1.165) is 18.2 Å². The van der Waals surface area contributed by atoms with Crippen LogP contribution in [0.25, 0.3) is 11.1 Å². The van der Waals surface area contributed by atoms with Crippen molar-refractivity contribution in [1.29, 1.82) is 0 Å². The molecule has 0 spiro atoms. The summed E-state index contributed by atoms with van der Waals surface area (Å²) in [6.07, 6.45) is -12.9. The summed E-state index contributed by atoms with van der Waals surface area (Å²) in [6, 6.07) is 11.9. The Kier molecular flexibility index (Phi) is 8.80. The van der Waals surface area contributed by atoms with Gasteiger partial charge >= 0.3 is 47.6 Å². The largest absolute Gasteiger partial charge is 0.460 e. The number of benzene rings is 2. The Morgan fingerprint density at radius 2 is 0.927 bits per heavy atom. The Bertz CT molecular complexity index is 1190. The van der Waals surface area contributed by atoms with Crippen molar-refractivity contribution in [1.82, 2.24) is 0 Å². The number of rotatable bonds is 11. The second-order valence-corrected chi connectivity index (χ2v) is 8.57.